The normalized spacial score (nSPS) is 18.0. The summed E-state index contributed by atoms with van der Waals surface area (Å²) in [6, 6.07) is 7.92. The maximum Gasteiger partial charge on any atom is 0.245 e. The number of benzene rings is 1. The van der Waals surface area contributed by atoms with E-state index in [4.69, 9.17) is 10.5 Å². The van der Waals surface area contributed by atoms with Gasteiger partial charge in [0.05, 0.1) is 13.0 Å². The monoisotopic (exact) mass is 333 g/mol. The second kappa shape index (κ2) is 8.33. The zero-order chi connectivity index (χ0) is 17.5. The molecule has 3 N–H and O–H groups in total. The molecule has 0 unspecified atom stereocenters. The van der Waals surface area contributed by atoms with Gasteiger partial charge in [0.25, 0.3) is 0 Å². The first kappa shape index (κ1) is 17.8. The van der Waals surface area contributed by atoms with E-state index in [2.05, 4.69) is 5.32 Å². The number of para-hydroxylation sites is 1. The Bertz CT molecular complexity index is 591. The maximum absolute atomic E-state index is 12.4. The number of amides is 3. The summed E-state index contributed by atoms with van der Waals surface area (Å²) in [5, 5.41) is 2.64. The van der Waals surface area contributed by atoms with Crippen LogP contribution in [0, 0.1) is 0 Å². The van der Waals surface area contributed by atoms with Crippen LogP contribution in [0.3, 0.4) is 0 Å². The van der Waals surface area contributed by atoms with Crippen molar-refractivity contribution >= 4 is 17.7 Å². The van der Waals surface area contributed by atoms with Crippen molar-refractivity contribution in [1.82, 2.24) is 10.2 Å². The average molecular weight is 333 g/mol. The first-order valence-electron chi connectivity index (χ1n) is 8.06. The minimum absolute atomic E-state index is 0.145. The van der Waals surface area contributed by atoms with E-state index < -0.39 is 18.0 Å². The molecule has 0 radical (unpaired) electrons. The SMILES string of the molecule is C[C@H](NC(=O)CCOc1ccccc1)C(=O)N1CCC[C@H]1C(N)=O. The van der Waals surface area contributed by atoms with Crippen LogP contribution in [0.25, 0.3) is 0 Å². The fourth-order valence-corrected chi connectivity index (χ4v) is 2.73. The molecule has 0 saturated carbocycles. The summed E-state index contributed by atoms with van der Waals surface area (Å²) in [5.74, 6) is -0.373. The van der Waals surface area contributed by atoms with E-state index >= 15 is 0 Å². The van der Waals surface area contributed by atoms with Crippen LogP contribution in [-0.2, 0) is 14.4 Å². The average Bonchev–Trinajstić information content (AvgIpc) is 3.05. The highest BCUT2D eigenvalue weighted by Crippen LogP contribution is 2.18. The van der Waals surface area contributed by atoms with Gasteiger partial charge in [-0.2, -0.15) is 0 Å². The third-order valence-electron chi connectivity index (χ3n) is 3.95. The third-order valence-corrected chi connectivity index (χ3v) is 3.95. The Hall–Kier alpha value is -2.57. The summed E-state index contributed by atoms with van der Waals surface area (Å²) in [6.45, 7) is 2.32. The topological polar surface area (TPSA) is 102 Å². The summed E-state index contributed by atoms with van der Waals surface area (Å²) < 4.78 is 5.45. The lowest BCUT2D eigenvalue weighted by Gasteiger charge is -2.25. The van der Waals surface area contributed by atoms with Crippen molar-refractivity contribution in [2.45, 2.75) is 38.3 Å². The van der Waals surface area contributed by atoms with E-state index in [9.17, 15) is 14.4 Å². The van der Waals surface area contributed by atoms with Crippen LogP contribution in [0.5, 0.6) is 5.75 Å². The van der Waals surface area contributed by atoms with Crippen molar-refractivity contribution in [3.63, 3.8) is 0 Å². The quantitative estimate of drug-likeness (QED) is 0.756. The van der Waals surface area contributed by atoms with Gasteiger partial charge in [0.15, 0.2) is 0 Å². The van der Waals surface area contributed by atoms with Gasteiger partial charge in [0, 0.05) is 6.54 Å². The molecule has 0 bridgehead atoms. The van der Waals surface area contributed by atoms with Gasteiger partial charge in [0.1, 0.15) is 17.8 Å². The molecular formula is C17H23N3O4. The number of nitrogens with one attached hydrogen (secondary N) is 1. The first-order valence-corrected chi connectivity index (χ1v) is 8.06. The number of nitrogens with zero attached hydrogens (tertiary/aromatic N) is 1. The third kappa shape index (κ3) is 4.71. The fraction of sp³-hybridized carbons (Fsp3) is 0.471. The van der Waals surface area contributed by atoms with Crippen LogP contribution >= 0.6 is 0 Å². The highest BCUT2D eigenvalue weighted by molar-refractivity contribution is 5.91. The van der Waals surface area contributed by atoms with Gasteiger partial charge in [-0.1, -0.05) is 18.2 Å². The number of hydrogen-bond acceptors (Lipinski definition) is 4. The minimum atomic E-state index is -0.700. The summed E-state index contributed by atoms with van der Waals surface area (Å²) in [5.41, 5.74) is 5.31. The molecular weight excluding hydrogens is 310 g/mol. The predicted octanol–water partition coefficient (Wildman–Crippen LogP) is 0.437. The Balaban J connectivity index is 1.76. The second-order valence-electron chi connectivity index (χ2n) is 5.79. The van der Waals surface area contributed by atoms with Crippen LogP contribution in [0.15, 0.2) is 30.3 Å². The summed E-state index contributed by atoms with van der Waals surface area (Å²) in [4.78, 5) is 37.1. The van der Waals surface area contributed by atoms with Crippen LogP contribution in [0.2, 0.25) is 0 Å². The molecule has 7 heteroatoms. The Kier molecular flexibility index (Phi) is 6.17. The summed E-state index contributed by atoms with van der Waals surface area (Å²) in [6.07, 6.45) is 1.46. The Labute approximate surface area is 141 Å². The van der Waals surface area contributed by atoms with Crippen molar-refractivity contribution in [3.05, 3.63) is 30.3 Å². The molecule has 0 spiro atoms. The molecule has 1 heterocycles. The van der Waals surface area contributed by atoms with Gasteiger partial charge >= 0.3 is 0 Å². The maximum atomic E-state index is 12.4. The molecule has 1 saturated heterocycles. The molecule has 3 amide bonds. The molecule has 7 nitrogen and oxygen atoms in total. The lowest BCUT2D eigenvalue weighted by atomic mass is 10.2. The number of hydrogen-bond donors (Lipinski definition) is 2. The highest BCUT2D eigenvalue weighted by Gasteiger charge is 2.34. The molecule has 1 aliphatic heterocycles. The lowest BCUT2D eigenvalue weighted by Crippen LogP contribution is -2.51. The van der Waals surface area contributed by atoms with Crippen molar-refractivity contribution in [2.24, 2.45) is 5.73 Å². The Morgan fingerprint density at radius 2 is 2.04 bits per heavy atom. The van der Waals surface area contributed by atoms with Crippen LogP contribution in [-0.4, -0.2) is 47.9 Å². The van der Waals surface area contributed by atoms with E-state index in [-0.39, 0.29) is 24.8 Å². The predicted molar refractivity (Wildman–Crippen MR) is 88.1 cm³/mol. The van der Waals surface area contributed by atoms with E-state index in [0.29, 0.717) is 18.7 Å². The number of carbonyl (C=O) groups excluding carboxylic acids is 3. The molecule has 1 aromatic rings. The van der Waals surface area contributed by atoms with Crippen LogP contribution in [0.1, 0.15) is 26.2 Å². The van der Waals surface area contributed by atoms with Crippen molar-refractivity contribution in [2.75, 3.05) is 13.2 Å². The fourth-order valence-electron chi connectivity index (χ4n) is 2.73. The first-order chi connectivity index (χ1) is 11.5. The second-order valence-corrected chi connectivity index (χ2v) is 5.79. The van der Waals surface area contributed by atoms with Gasteiger partial charge in [-0.3, -0.25) is 14.4 Å². The smallest absolute Gasteiger partial charge is 0.245 e. The molecule has 1 fully saturated rings. The van der Waals surface area contributed by atoms with Gasteiger partial charge < -0.3 is 20.7 Å². The van der Waals surface area contributed by atoms with Gasteiger partial charge in [-0.25, -0.2) is 0 Å². The lowest BCUT2D eigenvalue weighted by molar-refractivity contribution is -0.140. The van der Waals surface area contributed by atoms with E-state index in [1.807, 2.05) is 18.2 Å². The molecule has 0 aromatic heterocycles. The molecule has 1 aromatic carbocycles. The molecule has 2 atom stereocenters. The largest absolute Gasteiger partial charge is 0.493 e. The highest BCUT2D eigenvalue weighted by atomic mass is 16.5. The minimum Gasteiger partial charge on any atom is -0.493 e. The Morgan fingerprint density at radius 1 is 1.33 bits per heavy atom. The van der Waals surface area contributed by atoms with E-state index in [1.165, 1.54) is 4.90 Å². The molecule has 130 valence electrons. The van der Waals surface area contributed by atoms with Crippen LogP contribution < -0.4 is 15.8 Å². The number of primary amides is 1. The molecule has 2 rings (SSSR count). The van der Waals surface area contributed by atoms with E-state index in [1.54, 1.807) is 19.1 Å². The standard InChI is InChI=1S/C17H23N3O4/c1-12(17(23)20-10-5-8-14(20)16(18)22)19-15(21)9-11-24-13-6-3-2-4-7-13/h2-4,6-7,12,14H,5,8-11H2,1H3,(H2,18,22)(H,19,21)/t12-,14-/m0/s1. The molecule has 0 aliphatic carbocycles. The number of carbonyl (C=O) groups is 3. The number of likely N-dealkylation sites (tertiary alicyclic amines) is 1. The van der Waals surface area contributed by atoms with Crippen molar-refractivity contribution in [1.29, 1.82) is 0 Å². The van der Waals surface area contributed by atoms with Gasteiger partial charge in [0.2, 0.25) is 17.7 Å². The number of rotatable bonds is 7. The molecule has 24 heavy (non-hydrogen) atoms. The molecule has 1 aliphatic rings. The zero-order valence-corrected chi connectivity index (χ0v) is 13.7. The van der Waals surface area contributed by atoms with Gasteiger partial charge in [-0.15, -0.1) is 0 Å². The summed E-state index contributed by atoms with van der Waals surface area (Å²) in [7, 11) is 0. The summed E-state index contributed by atoms with van der Waals surface area (Å²) >= 11 is 0. The van der Waals surface area contributed by atoms with Crippen molar-refractivity contribution < 1.29 is 19.1 Å². The number of nitrogens with two attached hydrogens (primary N) is 1. The number of ether oxygens (including phenoxy) is 1. The van der Waals surface area contributed by atoms with Gasteiger partial charge in [-0.05, 0) is 31.9 Å². The Morgan fingerprint density at radius 3 is 2.71 bits per heavy atom. The van der Waals surface area contributed by atoms with E-state index in [0.717, 1.165) is 6.42 Å². The van der Waals surface area contributed by atoms with Crippen molar-refractivity contribution in [3.8, 4) is 5.75 Å². The van der Waals surface area contributed by atoms with Crippen LogP contribution in [0.4, 0.5) is 0 Å². The zero-order valence-electron chi connectivity index (χ0n) is 13.7.